The van der Waals surface area contributed by atoms with E-state index in [2.05, 4.69) is 20.8 Å². The highest BCUT2D eigenvalue weighted by molar-refractivity contribution is 7.38. The van der Waals surface area contributed by atoms with Crippen LogP contribution in [-0.2, 0) is 4.57 Å². The summed E-state index contributed by atoms with van der Waals surface area (Å²) in [7, 11) is -2.31. The second-order valence-corrected chi connectivity index (χ2v) is 8.02. The van der Waals surface area contributed by atoms with E-state index in [-0.39, 0.29) is 0 Å². The topological polar surface area (TPSA) is 40.1 Å². The van der Waals surface area contributed by atoms with E-state index in [9.17, 15) is 9.46 Å². The predicted molar refractivity (Wildman–Crippen MR) is 92.0 cm³/mol. The molecule has 0 radical (unpaired) electrons. The fourth-order valence-electron chi connectivity index (χ4n) is 3.11. The van der Waals surface area contributed by atoms with Gasteiger partial charge >= 0.3 is 8.03 Å². The van der Waals surface area contributed by atoms with Crippen molar-refractivity contribution in [2.24, 2.45) is 0 Å². The first-order chi connectivity index (χ1) is 10.1. The Balaban J connectivity index is 4.50. The van der Waals surface area contributed by atoms with Crippen molar-refractivity contribution in [3.8, 4) is 0 Å². The van der Waals surface area contributed by atoms with Crippen LogP contribution in [0.3, 0.4) is 0 Å². The average Bonchev–Trinajstić information content (AvgIpc) is 2.47. The maximum absolute atomic E-state index is 12.0. The third kappa shape index (κ3) is 9.63. The van der Waals surface area contributed by atoms with Crippen molar-refractivity contribution in [2.75, 3.05) is 0 Å². The SMILES string of the molecule is CCCCCCC(CCCCC)(CCCCCC)[P+](=O)[O-]. The third-order valence-electron chi connectivity index (χ3n) is 4.62. The fraction of sp³-hybridized carbons (Fsp3) is 1.00. The van der Waals surface area contributed by atoms with E-state index >= 15 is 0 Å². The van der Waals surface area contributed by atoms with Crippen molar-refractivity contribution in [1.29, 1.82) is 0 Å². The molecule has 0 amide bonds. The molecule has 0 aliphatic carbocycles. The van der Waals surface area contributed by atoms with Gasteiger partial charge in [-0.2, -0.15) is 0 Å². The highest BCUT2D eigenvalue weighted by atomic mass is 31.1. The monoisotopic (exact) mass is 316 g/mol. The number of unbranched alkanes of at least 4 members (excludes halogenated alkanes) is 8. The van der Waals surface area contributed by atoms with E-state index < -0.39 is 13.2 Å². The second kappa shape index (κ2) is 13.7. The molecule has 2 nitrogen and oxygen atoms in total. The van der Waals surface area contributed by atoms with E-state index in [4.69, 9.17) is 0 Å². The molecule has 0 aliphatic heterocycles. The molecular weight excluding hydrogens is 279 g/mol. The van der Waals surface area contributed by atoms with Crippen molar-refractivity contribution >= 4 is 8.03 Å². The first kappa shape index (κ1) is 21.1. The van der Waals surface area contributed by atoms with Crippen LogP contribution in [0.2, 0.25) is 0 Å². The first-order valence-electron chi connectivity index (χ1n) is 9.27. The fourth-order valence-corrected chi connectivity index (χ4v) is 4.14. The molecule has 0 heterocycles. The summed E-state index contributed by atoms with van der Waals surface area (Å²) >= 11 is 0. The van der Waals surface area contributed by atoms with E-state index in [0.29, 0.717) is 0 Å². The lowest BCUT2D eigenvalue weighted by Crippen LogP contribution is -2.28. The minimum absolute atomic E-state index is 0.397. The Morgan fingerprint density at radius 2 is 1.00 bits per heavy atom. The molecule has 1 unspecified atom stereocenters. The Morgan fingerprint density at radius 1 is 0.667 bits per heavy atom. The zero-order chi connectivity index (χ0) is 16.0. The standard InChI is InChI=1S/C18H37O2P/c1-4-7-10-13-16-18(21(19)20,15-12-9-6-3)17-14-11-8-5-2/h4-17H2,1-3H3. The molecule has 1 atom stereocenters. The lowest BCUT2D eigenvalue weighted by Gasteiger charge is -2.26. The largest absolute Gasteiger partial charge is 0.595 e. The van der Waals surface area contributed by atoms with Crippen LogP contribution in [0, 0.1) is 0 Å². The summed E-state index contributed by atoms with van der Waals surface area (Å²) in [6.07, 6.45) is 15.5. The van der Waals surface area contributed by atoms with Gasteiger partial charge in [0.05, 0.1) is 0 Å². The predicted octanol–water partition coefficient (Wildman–Crippen LogP) is 6.35. The molecule has 0 rings (SSSR count). The Labute approximate surface area is 134 Å². The number of hydrogen-bond acceptors (Lipinski definition) is 2. The molecule has 0 fully saturated rings. The van der Waals surface area contributed by atoms with Crippen molar-refractivity contribution in [3.63, 3.8) is 0 Å². The van der Waals surface area contributed by atoms with E-state index in [1.54, 1.807) is 0 Å². The molecule has 3 heteroatoms. The molecule has 21 heavy (non-hydrogen) atoms. The minimum atomic E-state index is -2.31. The van der Waals surface area contributed by atoms with Crippen LogP contribution in [0.15, 0.2) is 0 Å². The van der Waals surface area contributed by atoms with Crippen molar-refractivity contribution in [3.05, 3.63) is 0 Å². The van der Waals surface area contributed by atoms with Crippen molar-refractivity contribution in [2.45, 2.75) is 116 Å². The third-order valence-corrected chi connectivity index (χ3v) is 6.07. The first-order valence-corrected chi connectivity index (χ1v) is 10.4. The quantitative estimate of drug-likeness (QED) is 0.261. The zero-order valence-corrected chi connectivity index (χ0v) is 15.6. The molecule has 0 spiro atoms. The maximum Gasteiger partial charge on any atom is 0.315 e. The Kier molecular flexibility index (Phi) is 13.7. The summed E-state index contributed by atoms with van der Waals surface area (Å²) in [5, 5.41) is -0.397. The number of hydrogen-bond donors (Lipinski definition) is 0. The Bertz CT molecular complexity index is 242. The van der Waals surface area contributed by atoms with E-state index in [1.807, 2.05) is 0 Å². The second-order valence-electron chi connectivity index (χ2n) is 6.56. The molecular formula is C18H37O2P. The maximum atomic E-state index is 12.0. The van der Waals surface area contributed by atoms with Gasteiger partial charge in [0.25, 0.3) is 0 Å². The van der Waals surface area contributed by atoms with Gasteiger partial charge in [-0.1, -0.05) is 76.7 Å². The lowest BCUT2D eigenvalue weighted by molar-refractivity contribution is -0.170. The zero-order valence-electron chi connectivity index (χ0n) is 14.7. The van der Waals surface area contributed by atoms with Gasteiger partial charge in [0.2, 0.25) is 0 Å². The normalized spacial score (nSPS) is 12.7. The molecule has 0 N–H and O–H groups in total. The summed E-state index contributed by atoms with van der Waals surface area (Å²) < 4.78 is 12.0. The lowest BCUT2D eigenvalue weighted by atomic mass is 9.88. The average molecular weight is 316 g/mol. The summed E-state index contributed by atoms with van der Waals surface area (Å²) in [6, 6.07) is 0. The summed E-state index contributed by atoms with van der Waals surface area (Å²) in [6.45, 7) is 6.59. The van der Waals surface area contributed by atoms with Gasteiger partial charge in [-0.25, -0.2) is 0 Å². The molecule has 0 aromatic rings. The van der Waals surface area contributed by atoms with Crippen LogP contribution in [0.5, 0.6) is 0 Å². The van der Waals surface area contributed by atoms with Crippen LogP contribution >= 0.6 is 8.03 Å². The van der Waals surface area contributed by atoms with Gasteiger partial charge in [-0.05, 0) is 38.5 Å². The molecule has 0 saturated heterocycles. The Hall–Kier alpha value is 0.0600. The van der Waals surface area contributed by atoms with E-state index in [0.717, 1.165) is 51.4 Å². The van der Waals surface area contributed by atoms with Crippen LogP contribution < -0.4 is 4.89 Å². The smallest absolute Gasteiger partial charge is 0.315 e. The highest BCUT2D eigenvalue weighted by Gasteiger charge is 2.41. The summed E-state index contributed by atoms with van der Waals surface area (Å²) in [5.74, 6) is 0. The molecule has 0 aromatic heterocycles. The van der Waals surface area contributed by atoms with Gasteiger partial charge in [0, 0.05) is 0 Å². The van der Waals surface area contributed by atoms with E-state index in [1.165, 1.54) is 38.5 Å². The minimum Gasteiger partial charge on any atom is -0.595 e. The molecule has 0 saturated carbocycles. The van der Waals surface area contributed by atoms with Crippen LogP contribution in [0.4, 0.5) is 0 Å². The van der Waals surface area contributed by atoms with Crippen LogP contribution in [0.25, 0.3) is 0 Å². The van der Waals surface area contributed by atoms with Gasteiger partial charge in [-0.15, -0.1) is 0 Å². The van der Waals surface area contributed by atoms with Crippen molar-refractivity contribution in [1.82, 2.24) is 0 Å². The highest BCUT2D eigenvalue weighted by Crippen LogP contribution is 2.45. The molecule has 0 aliphatic rings. The van der Waals surface area contributed by atoms with Crippen LogP contribution in [0.1, 0.15) is 111 Å². The number of rotatable bonds is 15. The Morgan fingerprint density at radius 3 is 1.33 bits per heavy atom. The summed E-state index contributed by atoms with van der Waals surface area (Å²) in [5.41, 5.74) is 0. The van der Waals surface area contributed by atoms with Gasteiger partial charge in [0.1, 0.15) is 0 Å². The van der Waals surface area contributed by atoms with Crippen molar-refractivity contribution < 1.29 is 9.46 Å². The summed E-state index contributed by atoms with van der Waals surface area (Å²) in [4.78, 5) is 12.0. The van der Waals surface area contributed by atoms with Gasteiger partial charge in [0.15, 0.2) is 5.16 Å². The molecule has 0 aromatic carbocycles. The molecule has 0 bridgehead atoms. The molecule has 126 valence electrons. The van der Waals surface area contributed by atoms with Gasteiger partial charge in [-0.3, -0.25) is 0 Å². The van der Waals surface area contributed by atoms with Gasteiger partial charge < -0.3 is 4.89 Å². The van der Waals surface area contributed by atoms with Crippen LogP contribution in [-0.4, -0.2) is 5.16 Å².